The van der Waals surface area contributed by atoms with Crippen LogP contribution in [0.1, 0.15) is 11.1 Å². The van der Waals surface area contributed by atoms with E-state index in [1.54, 1.807) is 6.07 Å². The minimum Gasteiger partial charge on any atom is -0.326 e. The molecule has 0 radical (unpaired) electrons. The molecule has 4 heteroatoms. The van der Waals surface area contributed by atoms with Crippen molar-refractivity contribution in [2.24, 2.45) is 5.73 Å². The molecule has 68 valence electrons. The third-order valence-corrected chi connectivity index (χ3v) is 2.47. The molecule has 2 rings (SSSR count). The van der Waals surface area contributed by atoms with E-state index >= 15 is 0 Å². The lowest BCUT2D eigenvalue weighted by molar-refractivity contribution is -0.115. The molecule has 0 saturated heterocycles. The Morgan fingerprint density at radius 1 is 1.54 bits per heavy atom. The van der Waals surface area contributed by atoms with E-state index in [0.29, 0.717) is 18.0 Å². The summed E-state index contributed by atoms with van der Waals surface area (Å²) in [6.45, 7) is 0.391. The molecule has 0 fully saturated rings. The van der Waals surface area contributed by atoms with E-state index in [9.17, 15) is 4.79 Å². The minimum absolute atomic E-state index is 0.0141. The van der Waals surface area contributed by atoms with Crippen molar-refractivity contribution in [3.05, 3.63) is 28.3 Å². The zero-order valence-corrected chi connectivity index (χ0v) is 7.69. The summed E-state index contributed by atoms with van der Waals surface area (Å²) in [7, 11) is 0. The first kappa shape index (κ1) is 8.53. The van der Waals surface area contributed by atoms with Crippen LogP contribution in [-0.4, -0.2) is 5.91 Å². The minimum atomic E-state index is 0.0141. The summed E-state index contributed by atoms with van der Waals surface area (Å²) in [6, 6.07) is 3.64. The molecule has 3 N–H and O–H groups in total. The van der Waals surface area contributed by atoms with E-state index in [0.717, 1.165) is 16.8 Å². The number of fused-ring (bicyclic) bond motifs is 1. The van der Waals surface area contributed by atoms with E-state index in [2.05, 4.69) is 5.32 Å². The van der Waals surface area contributed by atoms with Gasteiger partial charge in [-0.1, -0.05) is 11.6 Å². The number of amides is 1. The van der Waals surface area contributed by atoms with E-state index in [4.69, 9.17) is 17.3 Å². The Morgan fingerprint density at radius 3 is 3.00 bits per heavy atom. The van der Waals surface area contributed by atoms with Crippen LogP contribution in [0, 0.1) is 0 Å². The number of carbonyl (C=O) groups excluding carboxylic acids is 1. The number of rotatable bonds is 1. The molecule has 1 aromatic rings. The van der Waals surface area contributed by atoms with Crippen molar-refractivity contribution in [1.29, 1.82) is 0 Å². The fraction of sp³-hybridized carbons (Fsp3) is 0.222. The Labute approximate surface area is 80.9 Å². The van der Waals surface area contributed by atoms with Crippen LogP contribution in [0.2, 0.25) is 5.02 Å². The topological polar surface area (TPSA) is 55.1 Å². The Balaban J connectivity index is 2.50. The van der Waals surface area contributed by atoms with E-state index in [1.165, 1.54) is 0 Å². The van der Waals surface area contributed by atoms with Crippen molar-refractivity contribution in [2.75, 3.05) is 5.32 Å². The van der Waals surface area contributed by atoms with Gasteiger partial charge >= 0.3 is 0 Å². The molecular weight excluding hydrogens is 188 g/mol. The van der Waals surface area contributed by atoms with Gasteiger partial charge in [0.1, 0.15) is 0 Å². The third kappa shape index (κ3) is 1.41. The number of hydrogen-bond acceptors (Lipinski definition) is 2. The number of hydrogen-bond donors (Lipinski definition) is 2. The zero-order valence-electron chi connectivity index (χ0n) is 6.93. The Bertz CT molecular complexity index is 376. The number of anilines is 1. The second-order valence-corrected chi connectivity index (χ2v) is 3.44. The molecule has 1 aliphatic rings. The van der Waals surface area contributed by atoms with Gasteiger partial charge in [0.25, 0.3) is 0 Å². The van der Waals surface area contributed by atoms with Crippen molar-refractivity contribution >= 4 is 23.2 Å². The Hall–Kier alpha value is -1.06. The smallest absolute Gasteiger partial charge is 0.228 e. The molecule has 1 heterocycles. The average molecular weight is 197 g/mol. The molecule has 0 aliphatic carbocycles. The van der Waals surface area contributed by atoms with Gasteiger partial charge in [-0.3, -0.25) is 4.79 Å². The average Bonchev–Trinajstić information content (AvgIpc) is 2.42. The number of halogens is 1. The highest BCUT2D eigenvalue weighted by Gasteiger charge is 2.18. The maximum Gasteiger partial charge on any atom is 0.228 e. The third-order valence-electron chi connectivity index (χ3n) is 2.12. The summed E-state index contributed by atoms with van der Waals surface area (Å²) >= 11 is 5.94. The summed E-state index contributed by atoms with van der Waals surface area (Å²) in [5.41, 5.74) is 8.14. The van der Waals surface area contributed by atoms with Gasteiger partial charge < -0.3 is 11.1 Å². The maximum atomic E-state index is 11.0. The first-order valence-corrected chi connectivity index (χ1v) is 4.39. The SMILES string of the molecule is NCc1cc2c(cc1Cl)CC(=O)N2. The quantitative estimate of drug-likeness (QED) is 0.711. The predicted molar refractivity (Wildman–Crippen MR) is 51.7 cm³/mol. The van der Waals surface area contributed by atoms with Crippen molar-refractivity contribution in [3.63, 3.8) is 0 Å². The predicted octanol–water partition coefficient (Wildman–Crippen LogP) is 1.29. The fourth-order valence-electron chi connectivity index (χ4n) is 1.45. The summed E-state index contributed by atoms with van der Waals surface area (Å²) in [4.78, 5) is 11.0. The molecule has 0 bridgehead atoms. The van der Waals surface area contributed by atoms with Gasteiger partial charge in [0, 0.05) is 17.3 Å². The van der Waals surface area contributed by atoms with Crippen LogP contribution in [0.5, 0.6) is 0 Å². The molecule has 1 aliphatic heterocycles. The van der Waals surface area contributed by atoms with E-state index in [1.807, 2.05) is 6.07 Å². The molecule has 13 heavy (non-hydrogen) atoms. The first-order valence-electron chi connectivity index (χ1n) is 4.02. The summed E-state index contributed by atoms with van der Waals surface area (Å²) < 4.78 is 0. The molecule has 0 saturated carbocycles. The van der Waals surface area contributed by atoms with Gasteiger partial charge in [0.2, 0.25) is 5.91 Å². The summed E-state index contributed by atoms with van der Waals surface area (Å²) in [6.07, 6.45) is 0.417. The van der Waals surface area contributed by atoms with Gasteiger partial charge in [-0.2, -0.15) is 0 Å². The number of nitrogens with one attached hydrogen (secondary N) is 1. The molecule has 0 aromatic heterocycles. The molecule has 1 amide bonds. The fourth-order valence-corrected chi connectivity index (χ4v) is 1.71. The number of carbonyl (C=O) groups is 1. The normalized spacial score (nSPS) is 14.2. The number of nitrogens with two attached hydrogens (primary N) is 1. The Morgan fingerprint density at radius 2 is 2.31 bits per heavy atom. The standard InChI is InChI=1S/C9H9ClN2O/c10-7-1-5-3-9(13)12-8(5)2-6(7)4-11/h1-2H,3-4,11H2,(H,12,13). The van der Waals surface area contributed by atoms with Gasteiger partial charge in [-0.25, -0.2) is 0 Å². The lowest BCUT2D eigenvalue weighted by Crippen LogP contribution is -2.04. The van der Waals surface area contributed by atoms with Crippen molar-refractivity contribution < 1.29 is 4.79 Å². The lowest BCUT2D eigenvalue weighted by Gasteiger charge is -2.04. The molecular formula is C9H9ClN2O. The van der Waals surface area contributed by atoms with E-state index in [-0.39, 0.29) is 5.91 Å². The molecule has 1 aromatic carbocycles. The van der Waals surface area contributed by atoms with Crippen LogP contribution in [0.15, 0.2) is 12.1 Å². The van der Waals surface area contributed by atoms with Gasteiger partial charge in [0.15, 0.2) is 0 Å². The maximum absolute atomic E-state index is 11.0. The van der Waals surface area contributed by atoms with Crippen LogP contribution in [0.4, 0.5) is 5.69 Å². The van der Waals surface area contributed by atoms with Crippen molar-refractivity contribution in [2.45, 2.75) is 13.0 Å². The lowest BCUT2D eigenvalue weighted by atomic mass is 10.1. The molecule has 0 spiro atoms. The van der Waals surface area contributed by atoms with Crippen molar-refractivity contribution in [3.8, 4) is 0 Å². The largest absolute Gasteiger partial charge is 0.326 e. The zero-order chi connectivity index (χ0) is 9.42. The van der Waals surface area contributed by atoms with Crippen LogP contribution in [0.3, 0.4) is 0 Å². The van der Waals surface area contributed by atoms with Crippen LogP contribution >= 0.6 is 11.6 Å². The monoisotopic (exact) mass is 196 g/mol. The molecule has 0 atom stereocenters. The first-order chi connectivity index (χ1) is 6.20. The van der Waals surface area contributed by atoms with Crippen molar-refractivity contribution in [1.82, 2.24) is 0 Å². The summed E-state index contributed by atoms with van der Waals surface area (Å²) in [5.74, 6) is 0.0141. The van der Waals surface area contributed by atoms with Crippen LogP contribution in [-0.2, 0) is 17.8 Å². The van der Waals surface area contributed by atoms with Gasteiger partial charge in [-0.05, 0) is 23.3 Å². The molecule has 0 unspecified atom stereocenters. The van der Waals surface area contributed by atoms with Gasteiger partial charge in [0.05, 0.1) is 6.42 Å². The molecule has 3 nitrogen and oxygen atoms in total. The van der Waals surface area contributed by atoms with Crippen LogP contribution in [0.25, 0.3) is 0 Å². The highest BCUT2D eigenvalue weighted by atomic mass is 35.5. The van der Waals surface area contributed by atoms with Gasteiger partial charge in [-0.15, -0.1) is 0 Å². The van der Waals surface area contributed by atoms with E-state index < -0.39 is 0 Å². The summed E-state index contributed by atoms with van der Waals surface area (Å²) in [5, 5.41) is 3.38. The number of benzene rings is 1. The van der Waals surface area contributed by atoms with Crippen LogP contribution < -0.4 is 11.1 Å². The highest BCUT2D eigenvalue weighted by molar-refractivity contribution is 6.31. The second kappa shape index (κ2) is 3.01. The second-order valence-electron chi connectivity index (χ2n) is 3.03. The Kier molecular flexibility index (Phi) is 1.98. The highest BCUT2D eigenvalue weighted by Crippen LogP contribution is 2.29.